The summed E-state index contributed by atoms with van der Waals surface area (Å²) in [6, 6.07) is 9.59. The Hall–Kier alpha value is -2.30. The Morgan fingerprint density at radius 1 is 1.38 bits per heavy atom. The first-order valence-electron chi connectivity index (χ1n) is 8.52. The van der Waals surface area contributed by atoms with Gasteiger partial charge in [0.1, 0.15) is 11.3 Å². The number of carbonyl (C=O) groups excluding carboxylic acids is 1. The van der Waals surface area contributed by atoms with Crippen molar-refractivity contribution in [2.24, 2.45) is 11.3 Å². The predicted molar refractivity (Wildman–Crippen MR) is 88.6 cm³/mol. The van der Waals surface area contributed by atoms with Crippen LogP contribution in [0.2, 0.25) is 0 Å². The van der Waals surface area contributed by atoms with Crippen molar-refractivity contribution >= 4 is 22.8 Å². The molecule has 24 heavy (non-hydrogen) atoms. The molecule has 2 heterocycles. The van der Waals surface area contributed by atoms with Crippen molar-refractivity contribution in [3.05, 3.63) is 36.1 Å². The second kappa shape index (κ2) is 5.36. The number of aliphatic carboxylic acids is 1. The van der Waals surface area contributed by atoms with Gasteiger partial charge in [-0.15, -0.1) is 0 Å². The molecule has 1 amide bonds. The molecule has 5 heteroatoms. The van der Waals surface area contributed by atoms with Crippen molar-refractivity contribution in [1.29, 1.82) is 0 Å². The van der Waals surface area contributed by atoms with Gasteiger partial charge in [-0.3, -0.25) is 9.59 Å². The number of hydrogen-bond acceptors (Lipinski definition) is 3. The van der Waals surface area contributed by atoms with E-state index in [2.05, 4.69) is 0 Å². The van der Waals surface area contributed by atoms with E-state index in [1.165, 1.54) is 0 Å². The van der Waals surface area contributed by atoms with Crippen molar-refractivity contribution in [3.63, 3.8) is 0 Å². The zero-order valence-corrected chi connectivity index (χ0v) is 13.7. The van der Waals surface area contributed by atoms with Gasteiger partial charge in [-0.25, -0.2) is 0 Å². The zero-order valence-electron chi connectivity index (χ0n) is 13.7. The maximum Gasteiger partial charge on any atom is 0.311 e. The summed E-state index contributed by atoms with van der Waals surface area (Å²) in [7, 11) is 0. The minimum absolute atomic E-state index is 0.0379. The van der Waals surface area contributed by atoms with Crippen LogP contribution in [0.1, 0.15) is 37.9 Å². The molecule has 4 rings (SSSR count). The molecule has 1 aliphatic carbocycles. The van der Waals surface area contributed by atoms with Gasteiger partial charge in [-0.2, -0.15) is 0 Å². The van der Waals surface area contributed by atoms with Crippen LogP contribution in [-0.2, 0) is 9.59 Å². The lowest BCUT2D eigenvalue weighted by Crippen LogP contribution is -2.38. The molecule has 1 unspecified atom stereocenters. The third-order valence-electron chi connectivity index (χ3n) is 5.85. The summed E-state index contributed by atoms with van der Waals surface area (Å²) in [6.07, 6.45) is 2.52. The zero-order chi connectivity index (χ0) is 16.9. The van der Waals surface area contributed by atoms with Gasteiger partial charge in [0.05, 0.1) is 11.3 Å². The van der Waals surface area contributed by atoms with Gasteiger partial charge in [-0.05, 0) is 37.8 Å². The van der Waals surface area contributed by atoms with Crippen LogP contribution in [0.25, 0.3) is 11.0 Å². The molecular formula is C19H21NO4. The first-order chi connectivity index (χ1) is 11.5. The monoisotopic (exact) mass is 327 g/mol. The van der Waals surface area contributed by atoms with Crippen molar-refractivity contribution < 1.29 is 19.1 Å². The minimum Gasteiger partial charge on any atom is -0.481 e. The van der Waals surface area contributed by atoms with Gasteiger partial charge in [0, 0.05) is 18.5 Å². The average Bonchev–Trinajstić information content (AvgIpc) is 3.24. The highest BCUT2D eigenvalue weighted by atomic mass is 16.4. The summed E-state index contributed by atoms with van der Waals surface area (Å²) in [4.78, 5) is 26.4. The fourth-order valence-corrected chi connectivity index (χ4v) is 4.42. The van der Waals surface area contributed by atoms with E-state index in [0.717, 1.165) is 23.8 Å². The summed E-state index contributed by atoms with van der Waals surface area (Å²) in [5.41, 5.74) is 0.0379. The Labute approximate surface area is 140 Å². The third kappa shape index (κ3) is 2.14. The van der Waals surface area contributed by atoms with Gasteiger partial charge in [0.25, 0.3) is 0 Å². The lowest BCUT2D eigenvalue weighted by molar-refractivity contribution is -0.149. The van der Waals surface area contributed by atoms with Gasteiger partial charge in [-0.1, -0.05) is 24.6 Å². The topological polar surface area (TPSA) is 70.8 Å². The van der Waals surface area contributed by atoms with E-state index in [0.29, 0.717) is 25.3 Å². The number of benzene rings is 1. The Morgan fingerprint density at radius 3 is 2.88 bits per heavy atom. The van der Waals surface area contributed by atoms with E-state index in [9.17, 15) is 14.7 Å². The van der Waals surface area contributed by atoms with Crippen LogP contribution in [0, 0.1) is 11.3 Å². The van der Waals surface area contributed by atoms with Crippen LogP contribution in [-0.4, -0.2) is 35.0 Å². The Morgan fingerprint density at radius 2 is 2.17 bits per heavy atom. The molecule has 1 aromatic carbocycles. The van der Waals surface area contributed by atoms with Gasteiger partial charge < -0.3 is 14.4 Å². The molecule has 1 saturated carbocycles. The van der Waals surface area contributed by atoms with E-state index in [4.69, 9.17) is 4.42 Å². The van der Waals surface area contributed by atoms with Gasteiger partial charge in [0.2, 0.25) is 5.91 Å². The molecule has 2 fully saturated rings. The van der Waals surface area contributed by atoms with Crippen LogP contribution in [0.15, 0.2) is 34.7 Å². The van der Waals surface area contributed by atoms with Crippen LogP contribution in [0.4, 0.5) is 0 Å². The van der Waals surface area contributed by atoms with E-state index >= 15 is 0 Å². The molecule has 0 bridgehead atoms. The number of para-hydroxylation sites is 1. The highest BCUT2D eigenvalue weighted by Gasteiger charge is 2.56. The van der Waals surface area contributed by atoms with Gasteiger partial charge >= 0.3 is 5.97 Å². The molecule has 3 atom stereocenters. The number of carboxylic acids is 1. The summed E-state index contributed by atoms with van der Waals surface area (Å²) in [5, 5.41) is 10.6. The number of likely N-dealkylation sites (tertiary alicyclic amines) is 1. The highest BCUT2D eigenvalue weighted by molar-refractivity contribution is 5.87. The van der Waals surface area contributed by atoms with Crippen LogP contribution >= 0.6 is 0 Å². The smallest absolute Gasteiger partial charge is 0.311 e. The van der Waals surface area contributed by atoms with Crippen LogP contribution in [0.5, 0.6) is 0 Å². The number of carbonyl (C=O) groups is 2. The number of nitrogens with zero attached hydrogens (tertiary/aromatic N) is 1. The summed E-state index contributed by atoms with van der Waals surface area (Å²) < 4.78 is 5.81. The standard InChI is InChI=1S/C19H21NO4/c1-12(16-9-13-5-2-3-7-15(13)24-16)17(21)20-10-14-6-4-8-19(14,11-20)18(22)23/h2-3,5,7,9,12,14H,4,6,8,10-11H2,1H3,(H,22,23)/t12?,14-,19+/m0/s1. The number of rotatable bonds is 3. The molecular weight excluding hydrogens is 306 g/mol. The summed E-state index contributed by atoms with van der Waals surface area (Å²) in [5.74, 6) is -0.465. The van der Waals surface area contributed by atoms with Crippen molar-refractivity contribution in [3.8, 4) is 0 Å². The molecule has 0 spiro atoms. The normalized spacial score (nSPS) is 27.4. The summed E-state index contributed by atoms with van der Waals surface area (Å²) >= 11 is 0. The largest absolute Gasteiger partial charge is 0.481 e. The molecule has 1 saturated heterocycles. The molecule has 2 aromatic rings. The third-order valence-corrected chi connectivity index (χ3v) is 5.85. The fourth-order valence-electron chi connectivity index (χ4n) is 4.42. The second-order valence-electron chi connectivity index (χ2n) is 7.18. The number of furan rings is 1. The lowest BCUT2D eigenvalue weighted by Gasteiger charge is -2.24. The van der Waals surface area contributed by atoms with E-state index in [1.54, 1.807) is 4.90 Å². The molecule has 1 aromatic heterocycles. The lowest BCUT2D eigenvalue weighted by atomic mass is 9.81. The molecule has 5 nitrogen and oxygen atoms in total. The quantitative estimate of drug-likeness (QED) is 0.939. The first-order valence-corrected chi connectivity index (χ1v) is 8.52. The van der Waals surface area contributed by atoms with Gasteiger partial charge in [0.15, 0.2) is 0 Å². The molecule has 1 aliphatic heterocycles. The maximum absolute atomic E-state index is 12.9. The minimum atomic E-state index is -0.753. The second-order valence-corrected chi connectivity index (χ2v) is 7.18. The Bertz CT molecular complexity index is 778. The fraction of sp³-hybridized carbons (Fsp3) is 0.474. The van der Waals surface area contributed by atoms with Crippen molar-refractivity contribution in [2.75, 3.05) is 13.1 Å². The van der Waals surface area contributed by atoms with E-state index in [1.807, 2.05) is 37.3 Å². The van der Waals surface area contributed by atoms with E-state index < -0.39 is 17.3 Å². The maximum atomic E-state index is 12.9. The van der Waals surface area contributed by atoms with E-state index in [-0.39, 0.29) is 11.8 Å². The van der Waals surface area contributed by atoms with Crippen LogP contribution < -0.4 is 0 Å². The molecule has 0 radical (unpaired) electrons. The summed E-state index contributed by atoms with van der Waals surface area (Å²) in [6.45, 7) is 2.72. The average molecular weight is 327 g/mol. The van der Waals surface area contributed by atoms with Crippen molar-refractivity contribution in [1.82, 2.24) is 4.90 Å². The molecule has 126 valence electrons. The number of carboxylic acid groups (broad SMARTS) is 1. The highest BCUT2D eigenvalue weighted by Crippen LogP contribution is 2.49. The molecule has 1 N–H and O–H groups in total. The molecule has 2 aliphatic rings. The number of hydrogen-bond donors (Lipinski definition) is 1. The Balaban J connectivity index is 1.56. The van der Waals surface area contributed by atoms with Crippen LogP contribution in [0.3, 0.4) is 0 Å². The van der Waals surface area contributed by atoms with Crippen molar-refractivity contribution in [2.45, 2.75) is 32.1 Å². The number of amides is 1. The predicted octanol–water partition coefficient (Wildman–Crippen LogP) is 3.25. The first kappa shape index (κ1) is 15.2. The Kier molecular flexibility index (Phi) is 3.41. The SMILES string of the molecule is CC(C(=O)N1C[C@@H]2CCC[C@@]2(C(=O)O)C1)c1cc2ccccc2o1. The number of fused-ring (bicyclic) bond motifs is 2.